The Morgan fingerprint density at radius 1 is 0.952 bits per heavy atom. The quantitative estimate of drug-likeness (QED) is 0.766. The highest BCUT2D eigenvalue weighted by Crippen LogP contribution is 2.66. The van der Waals surface area contributed by atoms with Crippen LogP contribution in [0.3, 0.4) is 0 Å². The minimum absolute atomic E-state index is 0.238. The molecule has 3 aliphatic carbocycles. The summed E-state index contributed by atoms with van der Waals surface area (Å²) in [6.07, 6.45) is 7.55. The molecule has 2 saturated heterocycles. The summed E-state index contributed by atoms with van der Waals surface area (Å²) >= 11 is 0. The van der Waals surface area contributed by atoms with E-state index >= 15 is 0 Å². The Balaban J connectivity index is 1.81. The second kappa shape index (κ2) is 3.55. The molecule has 2 nitrogen and oxygen atoms in total. The van der Waals surface area contributed by atoms with E-state index in [-0.39, 0.29) is 5.54 Å². The first-order valence-electron chi connectivity index (χ1n) is 8.20. The SMILES string of the molecule is C[C@@H]1N(c2cccn2C)C23CCC1(CC2)c1ccccc13. The topological polar surface area (TPSA) is 8.17 Å². The molecule has 0 radical (unpaired) electrons. The van der Waals surface area contributed by atoms with Crippen LogP contribution in [-0.2, 0) is 18.0 Å². The fraction of sp³-hybridized carbons (Fsp3) is 0.474. The van der Waals surface area contributed by atoms with Gasteiger partial charge in [-0.25, -0.2) is 0 Å². The normalized spacial score (nSPS) is 36.1. The van der Waals surface area contributed by atoms with E-state index in [0.29, 0.717) is 11.5 Å². The molecule has 0 unspecified atom stereocenters. The lowest BCUT2D eigenvalue weighted by Gasteiger charge is -2.70. The van der Waals surface area contributed by atoms with E-state index in [9.17, 15) is 0 Å². The lowest BCUT2D eigenvalue weighted by atomic mass is 9.47. The van der Waals surface area contributed by atoms with Crippen molar-refractivity contribution < 1.29 is 0 Å². The van der Waals surface area contributed by atoms with E-state index < -0.39 is 0 Å². The molecule has 0 amide bonds. The maximum Gasteiger partial charge on any atom is 0.109 e. The summed E-state index contributed by atoms with van der Waals surface area (Å²) in [5, 5.41) is 0. The van der Waals surface area contributed by atoms with Gasteiger partial charge in [0, 0.05) is 24.7 Å². The average Bonchev–Trinajstić information content (AvgIpc) is 2.95. The number of benzene rings is 1. The van der Waals surface area contributed by atoms with Gasteiger partial charge in [0.1, 0.15) is 5.82 Å². The zero-order valence-corrected chi connectivity index (χ0v) is 12.8. The van der Waals surface area contributed by atoms with Crippen molar-refractivity contribution in [1.29, 1.82) is 0 Å². The van der Waals surface area contributed by atoms with Gasteiger partial charge in [-0.3, -0.25) is 0 Å². The molecular formula is C19H22N2. The molecule has 3 fully saturated rings. The number of rotatable bonds is 1. The van der Waals surface area contributed by atoms with Crippen LogP contribution in [0.5, 0.6) is 0 Å². The molecule has 1 aromatic carbocycles. The van der Waals surface area contributed by atoms with Crippen molar-refractivity contribution in [1.82, 2.24) is 4.57 Å². The van der Waals surface area contributed by atoms with Gasteiger partial charge in [0.25, 0.3) is 0 Å². The number of aryl methyl sites for hydroxylation is 1. The van der Waals surface area contributed by atoms with Gasteiger partial charge >= 0.3 is 0 Å². The monoisotopic (exact) mass is 278 g/mol. The number of hydrogen-bond acceptors (Lipinski definition) is 1. The van der Waals surface area contributed by atoms with Crippen LogP contribution in [0.25, 0.3) is 0 Å². The van der Waals surface area contributed by atoms with Crippen LogP contribution in [0.2, 0.25) is 0 Å². The van der Waals surface area contributed by atoms with Crippen LogP contribution in [-0.4, -0.2) is 10.6 Å². The second-order valence-electron chi connectivity index (χ2n) is 7.26. The maximum atomic E-state index is 2.75. The Bertz CT molecular complexity index is 719. The lowest BCUT2D eigenvalue weighted by molar-refractivity contribution is 0.0540. The molecule has 4 heterocycles. The van der Waals surface area contributed by atoms with Crippen LogP contribution < -0.4 is 4.90 Å². The first-order valence-corrected chi connectivity index (χ1v) is 8.20. The van der Waals surface area contributed by atoms with E-state index in [1.807, 2.05) is 0 Å². The summed E-state index contributed by atoms with van der Waals surface area (Å²) in [6, 6.07) is 14.3. The molecule has 6 aliphatic rings. The van der Waals surface area contributed by atoms with Crippen molar-refractivity contribution in [2.24, 2.45) is 7.05 Å². The second-order valence-corrected chi connectivity index (χ2v) is 7.26. The largest absolute Gasteiger partial charge is 0.345 e. The van der Waals surface area contributed by atoms with Gasteiger partial charge < -0.3 is 9.47 Å². The zero-order valence-electron chi connectivity index (χ0n) is 12.8. The molecule has 2 aromatic rings. The minimum atomic E-state index is 0.238. The first-order chi connectivity index (χ1) is 10.2. The van der Waals surface area contributed by atoms with Crippen LogP contribution >= 0.6 is 0 Å². The molecule has 8 rings (SSSR count). The van der Waals surface area contributed by atoms with Crippen molar-refractivity contribution >= 4 is 5.82 Å². The molecule has 1 saturated carbocycles. The van der Waals surface area contributed by atoms with Crippen molar-refractivity contribution in [2.45, 2.75) is 49.6 Å². The van der Waals surface area contributed by atoms with Crippen molar-refractivity contribution in [3.05, 3.63) is 53.7 Å². The summed E-state index contributed by atoms with van der Waals surface area (Å²) < 4.78 is 2.29. The summed E-state index contributed by atoms with van der Waals surface area (Å²) in [4.78, 5) is 2.75. The zero-order chi connectivity index (χ0) is 14.2. The third-order valence-corrected chi connectivity index (χ3v) is 6.75. The van der Waals surface area contributed by atoms with Crippen molar-refractivity contribution in [2.75, 3.05) is 4.90 Å². The molecule has 0 N–H and O–H groups in total. The van der Waals surface area contributed by atoms with Gasteiger partial charge in [0.2, 0.25) is 0 Å². The summed E-state index contributed by atoms with van der Waals surface area (Å²) in [6.45, 7) is 2.45. The van der Waals surface area contributed by atoms with Gasteiger partial charge in [-0.2, -0.15) is 0 Å². The Labute approximate surface area is 126 Å². The van der Waals surface area contributed by atoms with E-state index in [4.69, 9.17) is 0 Å². The number of hydrogen-bond donors (Lipinski definition) is 0. The van der Waals surface area contributed by atoms with E-state index in [0.717, 1.165) is 0 Å². The van der Waals surface area contributed by atoms with E-state index in [1.54, 1.807) is 11.1 Å². The smallest absolute Gasteiger partial charge is 0.109 e. The molecule has 108 valence electrons. The van der Waals surface area contributed by atoms with Crippen LogP contribution in [0.4, 0.5) is 5.82 Å². The Kier molecular flexibility index (Phi) is 2.01. The Morgan fingerprint density at radius 3 is 2.33 bits per heavy atom. The highest BCUT2D eigenvalue weighted by molar-refractivity contribution is 5.61. The molecule has 1 atom stereocenters. The number of anilines is 1. The fourth-order valence-corrected chi connectivity index (χ4v) is 5.72. The highest BCUT2D eigenvalue weighted by atomic mass is 15.3. The van der Waals surface area contributed by atoms with Gasteiger partial charge in [-0.15, -0.1) is 0 Å². The van der Waals surface area contributed by atoms with E-state index in [1.165, 1.54) is 31.5 Å². The molecule has 1 aromatic heterocycles. The highest BCUT2D eigenvalue weighted by Gasteiger charge is 2.64. The van der Waals surface area contributed by atoms with Crippen LogP contribution in [0, 0.1) is 0 Å². The molecule has 0 spiro atoms. The predicted octanol–water partition coefficient (Wildman–Crippen LogP) is 3.95. The predicted molar refractivity (Wildman–Crippen MR) is 85.6 cm³/mol. The Morgan fingerprint density at radius 2 is 1.67 bits per heavy atom. The van der Waals surface area contributed by atoms with Crippen molar-refractivity contribution in [3.8, 4) is 0 Å². The molecule has 21 heavy (non-hydrogen) atoms. The molecule has 2 heteroatoms. The van der Waals surface area contributed by atoms with Gasteiger partial charge in [0.15, 0.2) is 0 Å². The minimum Gasteiger partial charge on any atom is -0.345 e. The third-order valence-electron chi connectivity index (χ3n) is 6.75. The molecular weight excluding hydrogens is 256 g/mol. The average molecular weight is 278 g/mol. The molecule has 3 aliphatic heterocycles. The van der Waals surface area contributed by atoms with Crippen molar-refractivity contribution in [3.63, 3.8) is 0 Å². The van der Waals surface area contributed by atoms with Gasteiger partial charge in [-0.1, -0.05) is 24.3 Å². The summed E-state index contributed by atoms with van der Waals surface area (Å²) in [5.41, 5.74) is 3.88. The summed E-state index contributed by atoms with van der Waals surface area (Å²) in [5.74, 6) is 1.39. The summed E-state index contributed by atoms with van der Waals surface area (Å²) in [7, 11) is 2.18. The van der Waals surface area contributed by atoms with Gasteiger partial charge in [0.05, 0.1) is 5.54 Å². The number of nitrogens with zero attached hydrogens (tertiary/aromatic N) is 2. The van der Waals surface area contributed by atoms with Crippen LogP contribution in [0.15, 0.2) is 42.6 Å². The first kappa shape index (κ1) is 11.9. The standard InChI is InChI=1S/C19H22N2/c1-14-18-9-11-19(12-10-18,16-7-4-3-6-15(16)18)21(14)17-8-5-13-20(17)2/h3-8,13-14H,9-12H2,1-2H3/t14-,18?,19?/m0/s1. The lowest BCUT2D eigenvalue weighted by Crippen LogP contribution is -2.72. The number of aromatic nitrogens is 1. The van der Waals surface area contributed by atoms with E-state index in [2.05, 4.69) is 66.0 Å². The van der Waals surface area contributed by atoms with Gasteiger partial charge in [-0.05, 0) is 55.9 Å². The number of piperidine rings is 2. The third kappa shape index (κ3) is 1.14. The van der Waals surface area contributed by atoms with Crippen LogP contribution in [0.1, 0.15) is 43.7 Å². The fourth-order valence-electron chi connectivity index (χ4n) is 5.72. The Hall–Kier alpha value is -1.70. The molecule has 2 bridgehead atoms. The maximum absolute atomic E-state index is 2.75.